The molecule has 0 spiro atoms. The number of aryl methyl sites for hydroxylation is 2. The Kier molecular flexibility index (Phi) is 7.48. The average Bonchev–Trinajstić information content (AvgIpc) is 2.40. The van der Waals surface area contributed by atoms with Crippen LogP contribution in [0.5, 0.6) is 5.75 Å². The lowest BCUT2D eigenvalue weighted by atomic mass is 10.1. The van der Waals surface area contributed by atoms with Crippen molar-refractivity contribution in [3.05, 3.63) is 28.8 Å². The van der Waals surface area contributed by atoms with Crippen LogP contribution in [0.15, 0.2) is 12.1 Å². The van der Waals surface area contributed by atoms with Gasteiger partial charge in [-0.25, -0.2) is 0 Å². The highest BCUT2D eigenvalue weighted by Crippen LogP contribution is 2.24. The van der Waals surface area contributed by atoms with Crippen LogP contribution in [0.25, 0.3) is 0 Å². The molecule has 0 saturated heterocycles. The molecule has 0 aliphatic rings. The third-order valence-corrected chi connectivity index (χ3v) is 2.81. The Morgan fingerprint density at radius 2 is 1.68 bits per heavy atom. The Morgan fingerprint density at radius 3 is 2.26 bits per heavy atom. The Morgan fingerprint density at radius 1 is 1.00 bits per heavy atom. The van der Waals surface area contributed by atoms with E-state index >= 15 is 0 Å². The van der Waals surface area contributed by atoms with Crippen LogP contribution in [0, 0.1) is 13.8 Å². The van der Waals surface area contributed by atoms with E-state index in [2.05, 4.69) is 0 Å². The van der Waals surface area contributed by atoms with E-state index < -0.39 is 0 Å². The number of hydrogen-bond donors (Lipinski definition) is 1. The summed E-state index contributed by atoms with van der Waals surface area (Å²) in [6.07, 6.45) is 0.903. The first-order valence-electron chi connectivity index (χ1n) is 6.59. The van der Waals surface area contributed by atoms with Gasteiger partial charge in [-0.15, -0.1) is 0 Å². The second kappa shape index (κ2) is 8.91. The number of aliphatic hydroxyl groups is 1. The third kappa shape index (κ3) is 5.59. The second-order valence-corrected chi connectivity index (χ2v) is 4.52. The van der Waals surface area contributed by atoms with Gasteiger partial charge >= 0.3 is 0 Å². The van der Waals surface area contributed by atoms with Crippen molar-refractivity contribution in [2.75, 3.05) is 33.5 Å². The van der Waals surface area contributed by atoms with Crippen molar-refractivity contribution in [2.24, 2.45) is 0 Å². The number of hydrogen-bond acceptors (Lipinski definition) is 4. The van der Waals surface area contributed by atoms with Gasteiger partial charge < -0.3 is 19.3 Å². The van der Waals surface area contributed by atoms with Crippen LogP contribution in [-0.2, 0) is 16.1 Å². The molecule has 4 heteroatoms. The fourth-order valence-corrected chi connectivity index (χ4v) is 1.97. The molecule has 0 heterocycles. The predicted molar refractivity (Wildman–Crippen MR) is 74.6 cm³/mol. The number of aliphatic hydroxyl groups excluding tert-OH is 1. The number of rotatable bonds is 9. The third-order valence-electron chi connectivity index (χ3n) is 2.81. The van der Waals surface area contributed by atoms with Crippen LogP contribution in [-0.4, -0.2) is 38.6 Å². The predicted octanol–water partition coefficient (Wildman–Crippen LogP) is 2.23. The van der Waals surface area contributed by atoms with Crippen molar-refractivity contribution < 1.29 is 19.3 Å². The number of ether oxygens (including phenoxy) is 3. The topological polar surface area (TPSA) is 47.9 Å². The summed E-state index contributed by atoms with van der Waals surface area (Å²) < 4.78 is 16.1. The van der Waals surface area contributed by atoms with Crippen molar-refractivity contribution in [1.82, 2.24) is 0 Å². The van der Waals surface area contributed by atoms with E-state index in [1.165, 1.54) is 0 Å². The molecule has 0 fully saturated rings. The van der Waals surface area contributed by atoms with Gasteiger partial charge in [0.15, 0.2) is 0 Å². The fourth-order valence-electron chi connectivity index (χ4n) is 1.97. The molecule has 0 radical (unpaired) electrons. The average molecular weight is 268 g/mol. The Bertz CT molecular complexity index is 353. The zero-order chi connectivity index (χ0) is 14.1. The Hall–Kier alpha value is -1.10. The summed E-state index contributed by atoms with van der Waals surface area (Å²) in [5.41, 5.74) is 3.00. The van der Waals surface area contributed by atoms with Crippen molar-refractivity contribution in [3.8, 4) is 5.75 Å². The van der Waals surface area contributed by atoms with Gasteiger partial charge in [0.25, 0.3) is 0 Å². The van der Waals surface area contributed by atoms with Crippen LogP contribution in [0.2, 0.25) is 0 Å². The maximum atomic E-state index is 9.12. The molecule has 108 valence electrons. The molecule has 19 heavy (non-hydrogen) atoms. The molecule has 0 saturated carbocycles. The van der Waals surface area contributed by atoms with Gasteiger partial charge in [-0.1, -0.05) is 12.1 Å². The van der Waals surface area contributed by atoms with Gasteiger partial charge in [0.05, 0.1) is 13.2 Å². The minimum Gasteiger partial charge on any atom is -0.491 e. The quantitative estimate of drug-likeness (QED) is 0.698. The second-order valence-electron chi connectivity index (χ2n) is 4.52. The highest BCUT2D eigenvalue weighted by atomic mass is 16.5. The van der Waals surface area contributed by atoms with Crippen molar-refractivity contribution in [1.29, 1.82) is 0 Å². The molecular formula is C15H24O4. The van der Waals surface area contributed by atoms with Crippen molar-refractivity contribution in [3.63, 3.8) is 0 Å². The normalized spacial score (nSPS) is 10.7. The van der Waals surface area contributed by atoms with Gasteiger partial charge in [-0.05, 0) is 37.0 Å². The zero-order valence-corrected chi connectivity index (χ0v) is 12.1. The van der Waals surface area contributed by atoms with E-state index in [1.807, 2.05) is 26.0 Å². The highest BCUT2D eigenvalue weighted by Gasteiger charge is 2.06. The largest absolute Gasteiger partial charge is 0.491 e. The summed E-state index contributed by atoms with van der Waals surface area (Å²) in [5.74, 6) is 0.887. The molecule has 0 unspecified atom stereocenters. The van der Waals surface area contributed by atoms with E-state index in [9.17, 15) is 0 Å². The summed E-state index contributed by atoms with van der Waals surface area (Å²) in [7, 11) is 1.69. The molecule has 0 amide bonds. The van der Waals surface area contributed by atoms with Crippen LogP contribution >= 0.6 is 0 Å². The van der Waals surface area contributed by atoms with Gasteiger partial charge in [-0.2, -0.15) is 0 Å². The fraction of sp³-hybridized carbons (Fsp3) is 0.600. The molecule has 0 aliphatic heterocycles. The van der Waals surface area contributed by atoms with Crippen LogP contribution in [0.3, 0.4) is 0 Å². The monoisotopic (exact) mass is 268 g/mol. The molecule has 1 aromatic rings. The smallest absolute Gasteiger partial charge is 0.125 e. The lowest BCUT2D eigenvalue weighted by Crippen LogP contribution is -2.10. The van der Waals surface area contributed by atoms with Crippen LogP contribution in [0.4, 0.5) is 0 Å². The summed E-state index contributed by atoms with van der Waals surface area (Å²) in [5, 5.41) is 9.12. The zero-order valence-electron chi connectivity index (χ0n) is 12.1. The molecular weight excluding hydrogens is 244 g/mol. The summed E-state index contributed by atoms with van der Waals surface area (Å²) in [6, 6.07) is 3.89. The summed E-state index contributed by atoms with van der Waals surface area (Å²) in [4.78, 5) is 0. The van der Waals surface area contributed by atoms with Crippen LogP contribution in [0.1, 0.15) is 23.1 Å². The molecule has 4 nitrogen and oxygen atoms in total. The Labute approximate surface area is 115 Å². The van der Waals surface area contributed by atoms with Gasteiger partial charge in [0.1, 0.15) is 12.4 Å². The van der Waals surface area contributed by atoms with Crippen molar-refractivity contribution in [2.45, 2.75) is 26.9 Å². The van der Waals surface area contributed by atoms with Crippen LogP contribution < -0.4 is 4.74 Å². The SMILES string of the molecule is COCCCOCCOc1c(C)cc(CO)cc1C. The lowest BCUT2D eigenvalue weighted by Gasteiger charge is -2.13. The maximum Gasteiger partial charge on any atom is 0.125 e. The molecule has 1 rings (SSSR count). The minimum atomic E-state index is 0.0601. The Balaban J connectivity index is 2.33. The summed E-state index contributed by atoms with van der Waals surface area (Å²) in [6.45, 7) is 6.56. The molecule has 1 N–H and O–H groups in total. The highest BCUT2D eigenvalue weighted by molar-refractivity contribution is 5.43. The molecule has 0 atom stereocenters. The van der Waals surface area contributed by atoms with Gasteiger partial charge in [0.2, 0.25) is 0 Å². The lowest BCUT2D eigenvalue weighted by molar-refractivity contribution is 0.0803. The van der Waals surface area contributed by atoms with Gasteiger partial charge in [-0.3, -0.25) is 0 Å². The first-order chi connectivity index (χ1) is 9.19. The maximum absolute atomic E-state index is 9.12. The standard InChI is InChI=1S/C15H24O4/c1-12-9-14(11-16)10-13(2)15(12)19-8-7-18-6-4-5-17-3/h9-10,16H,4-8,11H2,1-3H3. The summed E-state index contributed by atoms with van der Waals surface area (Å²) >= 11 is 0. The first-order valence-corrected chi connectivity index (χ1v) is 6.59. The molecule has 1 aromatic carbocycles. The molecule has 0 bridgehead atoms. The van der Waals surface area contributed by atoms with E-state index in [0.717, 1.165) is 35.5 Å². The van der Waals surface area contributed by atoms with Crippen molar-refractivity contribution >= 4 is 0 Å². The van der Waals surface area contributed by atoms with E-state index in [-0.39, 0.29) is 6.61 Å². The number of methoxy groups -OCH3 is 1. The first kappa shape index (κ1) is 16.0. The van der Waals surface area contributed by atoms with Gasteiger partial charge in [0, 0.05) is 20.3 Å². The van der Waals surface area contributed by atoms with E-state index in [4.69, 9.17) is 19.3 Å². The van der Waals surface area contributed by atoms with E-state index in [0.29, 0.717) is 19.8 Å². The number of benzene rings is 1. The molecule has 0 aromatic heterocycles. The molecule has 0 aliphatic carbocycles. The van der Waals surface area contributed by atoms with E-state index in [1.54, 1.807) is 7.11 Å². The minimum absolute atomic E-state index is 0.0601.